The third kappa shape index (κ3) is 7.02. The third-order valence-electron chi connectivity index (χ3n) is 2.79. The molecule has 0 radical (unpaired) electrons. The molecule has 1 aromatic carbocycles. The number of hydrogen-bond acceptors (Lipinski definition) is 2. The highest BCUT2D eigenvalue weighted by molar-refractivity contribution is 5.77. The van der Waals surface area contributed by atoms with Crippen LogP contribution in [0.15, 0.2) is 29.3 Å². The Bertz CT molecular complexity index is 416. The maximum absolute atomic E-state index is 5.81. The number of nitrogens with one attached hydrogen (secondary N) is 1. The van der Waals surface area contributed by atoms with Crippen LogP contribution in [0.4, 0.5) is 0 Å². The lowest BCUT2D eigenvalue weighted by Gasteiger charge is -2.09. The number of hydrogen-bond donors (Lipinski definition) is 2. The minimum absolute atomic E-state index is 0.496. The van der Waals surface area contributed by atoms with Gasteiger partial charge in [0.2, 0.25) is 0 Å². The van der Waals surface area contributed by atoms with Crippen molar-refractivity contribution in [2.24, 2.45) is 16.6 Å². The summed E-state index contributed by atoms with van der Waals surface area (Å²) in [5.74, 6) is 1.95. The summed E-state index contributed by atoms with van der Waals surface area (Å²) < 4.78 is 5.68. The van der Waals surface area contributed by atoms with Crippen molar-refractivity contribution in [3.8, 4) is 5.75 Å². The Hall–Kier alpha value is -1.71. The van der Waals surface area contributed by atoms with Crippen molar-refractivity contribution < 1.29 is 4.74 Å². The SMILES string of the molecule is CCCCOc1cccc(CN=C(N)NCC(C)C)c1. The highest BCUT2D eigenvalue weighted by atomic mass is 16.5. The molecule has 0 aromatic heterocycles. The zero-order valence-electron chi connectivity index (χ0n) is 12.9. The van der Waals surface area contributed by atoms with E-state index in [0.717, 1.165) is 37.3 Å². The van der Waals surface area contributed by atoms with Gasteiger partial charge in [-0.2, -0.15) is 0 Å². The van der Waals surface area contributed by atoms with Crippen LogP contribution >= 0.6 is 0 Å². The largest absolute Gasteiger partial charge is 0.494 e. The maximum Gasteiger partial charge on any atom is 0.188 e. The van der Waals surface area contributed by atoms with Crippen molar-refractivity contribution in [2.75, 3.05) is 13.2 Å². The lowest BCUT2D eigenvalue weighted by atomic mass is 10.2. The molecule has 112 valence electrons. The minimum atomic E-state index is 0.496. The summed E-state index contributed by atoms with van der Waals surface area (Å²) in [5.41, 5.74) is 6.92. The fourth-order valence-electron chi connectivity index (χ4n) is 1.61. The fraction of sp³-hybridized carbons (Fsp3) is 0.562. The normalized spacial score (nSPS) is 11.7. The van der Waals surface area contributed by atoms with E-state index in [2.05, 4.69) is 31.1 Å². The van der Waals surface area contributed by atoms with Crippen LogP contribution in [0.5, 0.6) is 5.75 Å². The van der Waals surface area contributed by atoms with E-state index in [-0.39, 0.29) is 0 Å². The summed E-state index contributed by atoms with van der Waals surface area (Å²) in [4.78, 5) is 4.33. The first kappa shape index (κ1) is 16.3. The van der Waals surface area contributed by atoms with Crippen molar-refractivity contribution in [1.82, 2.24) is 5.32 Å². The van der Waals surface area contributed by atoms with Gasteiger partial charge in [-0.1, -0.05) is 39.3 Å². The number of nitrogens with two attached hydrogens (primary N) is 1. The molecule has 4 heteroatoms. The Morgan fingerprint density at radius 3 is 2.90 bits per heavy atom. The highest BCUT2D eigenvalue weighted by Crippen LogP contribution is 2.14. The summed E-state index contributed by atoms with van der Waals surface area (Å²) >= 11 is 0. The summed E-state index contributed by atoms with van der Waals surface area (Å²) in [6.07, 6.45) is 2.22. The number of benzene rings is 1. The molecule has 0 fully saturated rings. The van der Waals surface area contributed by atoms with Crippen LogP contribution in [0.3, 0.4) is 0 Å². The minimum Gasteiger partial charge on any atom is -0.494 e. The van der Waals surface area contributed by atoms with Crippen molar-refractivity contribution in [1.29, 1.82) is 0 Å². The van der Waals surface area contributed by atoms with Crippen LogP contribution in [0.1, 0.15) is 39.2 Å². The lowest BCUT2D eigenvalue weighted by Crippen LogP contribution is -2.34. The van der Waals surface area contributed by atoms with Crippen molar-refractivity contribution in [2.45, 2.75) is 40.2 Å². The second-order valence-corrected chi connectivity index (χ2v) is 5.33. The second-order valence-electron chi connectivity index (χ2n) is 5.33. The van der Waals surface area contributed by atoms with E-state index in [9.17, 15) is 0 Å². The molecule has 0 unspecified atom stereocenters. The number of aliphatic imine (C=N–C) groups is 1. The number of unbranched alkanes of at least 4 members (excludes halogenated alkanes) is 1. The third-order valence-corrected chi connectivity index (χ3v) is 2.79. The second kappa shape index (κ2) is 9.23. The first-order valence-electron chi connectivity index (χ1n) is 7.37. The van der Waals surface area contributed by atoms with Crippen LogP contribution in [0.25, 0.3) is 0 Å². The predicted octanol–water partition coefficient (Wildman–Crippen LogP) is 2.93. The van der Waals surface area contributed by atoms with Gasteiger partial charge in [-0.25, -0.2) is 4.99 Å². The number of guanidine groups is 1. The molecule has 1 rings (SSSR count). The predicted molar refractivity (Wildman–Crippen MR) is 85.0 cm³/mol. The van der Waals surface area contributed by atoms with Gasteiger partial charge in [0.25, 0.3) is 0 Å². The molecule has 0 bridgehead atoms. The van der Waals surface area contributed by atoms with Crippen molar-refractivity contribution in [3.63, 3.8) is 0 Å². The van der Waals surface area contributed by atoms with E-state index in [4.69, 9.17) is 10.5 Å². The Kier molecular flexibility index (Phi) is 7.55. The van der Waals surface area contributed by atoms with E-state index in [1.807, 2.05) is 24.3 Å². The smallest absolute Gasteiger partial charge is 0.188 e. The number of rotatable bonds is 8. The Morgan fingerprint density at radius 2 is 2.20 bits per heavy atom. The van der Waals surface area contributed by atoms with Gasteiger partial charge in [0.15, 0.2) is 5.96 Å². The van der Waals surface area contributed by atoms with Crippen LogP contribution in [0, 0.1) is 5.92 Å². The van der Waals surface area contributed by atoms with E-state index < -0.39 is 0 Å². The molecule has 0 saturated heterocycles. The number of ether oxygens (including phenoxy) is 1. The van der Waals surface area contributed by atoms with E-state index in [0.29, 0.717) is 18.4 Å². The standard InChI is InChI=1S/C16H27N3O/c1-4-5-9-20-15-8-6-7-14(10-15)12-19-16(17)18-11-13(2)3/h6-8,10,13H,4-5,9,11-12H2,1-3H3,(H3,17,18,19). The van der Waals surface area contributed by atoms with E-state index in [1.54, 1.807) is 0 Å². The van der Waals surface area contributed by atoms with Gasteiger partial charge in [0, 0.05) is 6.54 Å². The molecule has 0 atom stereocenters. The summed E-state index contributed by atoms with van der Waals surface area (Å²) in [5, 5.41) is 3.11. The monoisotopic (exact) mass is 277 g/mol. The molecule has 0 aliphatic carbocycles. The molecule has 1 aromatic rings. The number of nitrogens with zero attached hydrogens (tertiary/aromatic N) is 1. The zero-order valence-corrected chi connectivity index (χ0v) is 12.9. The van der Waals surface area contributed by atoms with Gasteiger partial charge in [-0.3, -0.25) is 0 Å². The van der Waals surface area contributed by atoms with Gasteiger partial charge in [0.1, 0.15) is 5.75 Å². The van der Waals surface area contributed by atoms with Crippen LogP contribution in [-0.4, -0.2) is 19.1 Å². The Morgan fingerprint density at radius 1 is 1.40 bits per heavy atom. The van der Waals surface area contributed by atoms with Crippen molar-refractivity contribution >= 4 is 5.96 Å². The average molecular weight is 277 g/mol. The van der Waals surface area contributed by atoms with Crippen LogP contribution < -0.4 is 15.8 Å². The summed E-state index contributed by atoms with van der Waals surface area (Å²) in [7, 11) is 0. The molecule has 0 amide bonds. The Labute approximate surface area is 122 Å². The first-order chi connectivity index (χ1) is 9.61. The lowest BCUT2D eigenvalue weighted by molar-refractivity contribution is 0.309. The molecule has 4 nitrogen and oxygen atoms in total. The molecule has 20 heavy (non-hydrogen) atoms. The molecular weight excluding hydrogens is 250 g/mol. The quantitative estimate of drug-likeness (QED) is 0.436. The first-order valence-corrected chi connectivity index (χ1v) is 7.37. The molecule has 3 N–H and O–H groups in total. The van der Waals surface area contributed by atoms with Gasteiger partial charge in [-0.05, 0) is 30.0 Å². The molecule has 0 aliphatic rings. The Balaban J connectivity index is 2.46. The fourth-order valence-corrected chi connectivity index (χ4v) is 1.61. The van der Waals surface area contributed by atoms with Crippen LogP contribution in [-0.2, 0) is 6.54 Å². The van der Waals surface area contributed by atoms with Gasteiger partial charge < -0.3 is 15.8 Å². The molecule has 0 spiro atoms. The van der Waals surface area contributed by atoms with E-state index in [1.165, 1.54) is 0 Å². The van der Waals surface area contributed by atoms with Crippen LogP contribution in [0.2, 0.25) is 0 Å². The molecular formula is C16H27N3O. The maximum atomic E-state index is 5.81. The van der Waals surface area contributed by atoms with Gasteiger partial charge in [-0.15, -0.1) is 0 Å². The van der Waals surface area contributed by atoms with E-state index >= 15 is 0 Å². The zero-order chi connectivity index (χ0) is 14.8. The molecule has 0 heterocycles. The van der Waals surface area contributed by atoms with Crippen molar-refractivity contribution in [3.05, 3.63) is 29.8 Å². The molecule has 0 aliphatic heterocycles. The summed E-state index contributed by atoms with van der Waals surface area (Å²) in [6.45, 7) is 8.61. The summed E-state index contributed by atoms with van der Waals surface area (Å²) in [6, 6.07) is 8.02. The molecule has 0 saturated carbocycles. The van der Waals surface area contributed by atoms with Gasteiger partial charge >= 0.3 is 0 Å². The van der Waals surface area contributed by atoms with Gasteiger partial charge in [0.05, 0.1) is 13.2 Å². The average Bonchev–Trinajstić information content (AvgIpc) is 2.43. The topological polar surface area (TPSA) is 59.6 Å². The highest BCUT2D eigenvalue weighted by Gasteiger charge is 1.98.